The molecule has 2 N–H and O–H groups in total. The molecule has 0 aliphatic rings. The van der Waals surface area contributed by atoms with E-state index in [2.05, 4.69) is 0 Å². The summed E-state index contributed by atoms with van der Waals surface area (Å²) >= 11 is 0. The zero-order chi connectivity index (χ0) is 31.1. The van der Waals surface area contributed by atoms with Crippen molar-refractivity contribution in [1.82, 2.24) is 0 Å². The number of esters is 4. The number of rotatable bonds is 11. The molecule has 0 fully saturated rings. The van der Waals surface area contributed by atoms with Gasteiger partial charge in [0.15, 0.2) is 0 Å². The lowest BCUT2D eigenvalue weighted by Crippen LogP contribution is -2.22. The first kappa shape index (κ1) is 31.1. The summed E-state index contributed by atoms with van der Waals surface area (Å²) in [6.45, 7) is 4.27. The van der Waals surface area contributed by atoms with Gasteiger partial charge in [-0.15, -0.1) is 0 Å². The Morgan fingerprint density at radius 1 is 0.512 bits per heavy atom. The van der Waals surface area contributed by atoms with Crippen LogP contribution < -0.4 is 0 Å². The summed E-state index contributed by atoms with van der Waals surface area (Å²) in [4.78, 5) is 49.7. The van der Waals surface area contributed by atoms with Crippen molar-refractivity contribution in [3.05, 3.63) is 95.1 Å². The van der Waals surface area contributed by atoms with E-state index < -0.39 is 42.2 Å². The first-order chi connectivity index (χ1) is 20.5. The fraction of sp³-hybridized carbons (Fsp3) is 0.273. The van der Waals surface area contributed by atoms with E-state index in [1.165, 1.54) is 13.8 Å². The van der Waals surface area contributed by atoms with Gasteiger partial charge in [-0.3, -0.25) is 0 Å². The van der Waals surface area contributed by atoms with E-state index in [1.807, 2.05) is 0 Å². The molecule has 0 radical (unpaired) electrons. The number of aliphatic hydroxyl groups excluding tert-OH is 2. The van der Waals surface area contributed by atoms with Crippen LogP contribution in [0.3, 0.4) is 0 Å². The molecular weight excluding hydrogens is 556 g/mol. The summed E-state index contributed by atoms with van der Waals surface area (Å²) in [5.74, 6) is -2.31. The van der Waals surface area contributed by atoms with Crippen LogP contribution in [0.5, 0.6) is 0 Å². The quantitative estimate of drug-likeness (QED) is 0.190. The van der Waals surface area contributed by atoms with Crippen molar-refractivity contribution in [1.29, 1.82) is 0 Å². The predicted molar refractivity (Wildman–Crippen MR) is 157 cm³/mol. The van der Waals surface area contributed by atoms with Gasteiger partial charge in [0.1, 0.15) is 25.9 Å². The average Bonchev–Trinajstić information content (AvgIpc) is 3.00. The molecule has 0 aliphatic heterocycles. The third kappa shape index (κ3) is 8.37. The Bertz CT molecular complexity index is 1660. The number of fused-ring (bicyclic) bond motifs is 2. The molecule has 4 aromatic carbocycles. The van der Waals surface area contributed by atoms with Crippen molar-refractivity contribution in [2.45, 2.75) is 39.1 Å². The Labute approximate surface area is 247 Å². The van der Waals surface area contributed by atoms with Crippen molar-refractivity contribution >= 4 is 45.4 Å². The van der Waals surface area contributed by atoms with E-state index in [0.717, 1.165) is 0 Å². The second-order valence-corrected chi connectivity index (χ2v) is 10.3. The lowest BCUT2D eigenvalue weighted by atomic mass is 10.0. The van der Waals surface area contributed by atoms with E-state index in [4.69, 9.17) is 18.9 Å². The molecular formula is C33H32O10. The fourth-order valence-corrected chi connectivity index (χ4v) is 4.12. The largest absolute Gasteiger partial charge is 0.459 e. The zero-order valence-electron chi connectivity index (χ0n) is 23.9. The van der Waals surface area contributed by atoms with Gasteiger partial charge >= 0.3 is 23.9 Å². The number of ether oxygens (including phenoxy) is 4. The van der Waals surface area contributed by atoms with Crippen LogP contribution in [0.1, 0.15) is 62.2 Å². The van der Waals surface area contributed by atoms with E-state index in [1.54, 1.807) is 79.7 Å². The van der Waals surface area contributed by atoms with E-state index in [0.29, 0.717) is 43.8 Å². The second kappa shape index (κ2) is 13.9. The molecule has 0 aromatic heterocycles. The molecule has 0 bridgehead atoms. The van der Waals surface area contributed by atoms with Crippen LogP contribution in [-0.2, 0) is 18.9 Å². The molecule has 3 atom stereocenters. The minimum Gasteiger partial charge on any atom is -0.459 e. The van der Waals surface area contributed by atoms with Crippen molar-refractivity contribution in [2.75, 3.05) is 19.8 Å². The van der Waals surface area contributed by atoms with Gasteiger partial charge in [0, 0.05) is 0 Å². The summed E-state index contributed by atoms with van der Waals surface area (Å²) in [6.07, 6.45) is -2.26. The van der Waals surface area contributed by atoms with Crippen molar-refractivity contribution in [3.63, 3.8) is 0 Å². The molecule has 10 nitrogen and oxygen atoms in total. The van der Waals surface area contributed by atoms with E-state index in [9.17, 15) is 29.4 Å². The highest BCUT2D eigenvalue weighted by Crippen LogP contribution is 2.21. The number of carbonyl (C=O) groups excluding carboxylic acids is 4. The Morgan fingerprint density at radius 3 is 1.14 bits per heavy atom. The van der Waals surface area contributed by atoms with Crippen LogP contribution in [0.4, 0.5) is 0 Å². The predicted octanol–water partition coefficient (Wildman–Crippen LogP) is 4.47. The number of carbonyl (C=O) groups is 4. The van der Waals surface area contributed by atoms with Gasteiger partial charge in [0.2, 0.25) is 0 Å². The Morgan fingerprint density at radius 2 is 0.814 bits per heavy atom. The SMILES string of the molecule is CC(O)COC(=O)c1ccc2cc(C(=O)OCC(C)OC(=O)c3ccc4cc(C(=O)OCC(C)O)ccc4c3)ccc2c1. The summed E-state index contributed by atoms with van der Waals surface area (Å²) in [6, 6.07) is 19.6. The molecule has 0 amide bonds. The number of hydrogen-bond acceptors (Lipinski definition) is 10. The van der Waals surface area contributed by atoms with Crippen LogP contribution in [0, 0.1) is 0 Å². The zero-order valence-corrected chi connectivity index (χ0v) is 23.9. The number of hydrogen-bond donors (Lipinski definition) is 2. The van der Waals surface area contributed by atoms with Gasteiger partial charge in [-0.05, 0) is 90.8 Å². The van der Waals surface area contributed by atoms with Crippen molar-refractivity contribution < 1.29 is 48.3 Å². The van der Waals surface area contributed by atoms with Gasteiger partial charge in [0.05, 0.1) is 34.5 Å². The van der Waals surface area contributed by atoms with Gasteiger partial charge < -0.3 is 29.2 Å². The smallest absolute Gasteiger partial charge is 0.338 e. The molecule has 10 heteroatoms. The third-order valence-corrected chi connectivity index (χ3v) is 6.29. The average molecular weight is 589 g/mol. The third-order valence-electron chi connectivity index (χ3n) is 6.29. The monoisotopic (exact) mass is 588 g/mol. The van der Waals surface area contributed by atoms with Gasteiger partial charge in [-0.2, -0.15) is 0 Å². The summed E-state index contributed by atoms with van der Waals surface area (Å²) in [7, 11) is 0. The van der Waals surface area contributed by atoms with Gasteiger partial charge in [0.25, 0.3) is 0 Å². The number of benzene rings is 4. The topological polar surface area (TPSA) is 146 Å². The van der Waals surface area contributed by atoms with E-state index >= 15 is 0 Å². The molecule has 0 heterocycles. The molecule has 0 aliphatic carbocycles. The van der Waals surface area contributed by atoms with Gasteiger partial charge in [-0.25, -0.2) is 19.2 Å². The maximum atomic E-state index is 12.7. The Balaban J connectivity index is 1.32. The minimum atomic E-state index is -0.764. The molecule has 4 aromatic rings. The first-order valence-corrected chi connectivity index (χ1v) is 13.7. The fourth-order valence-electron chi connectivity index (χ4n) is 4.12. The highest BCUT2D eigenvalue weighted by molar-refractivity contribution is 6.00. The van der Waals surface area contributed by atoms with Gasteiger partial charge in [-0.1, -0.05) is 24.3 Å². The Hall–Kier alpha value is -4.80. The highest BCUT2D eigenvalue weighted by atomic mass is 16.6. The maximum absolute atomic E-state index is 12.7. The minimum absolute atomic E-state index is 0.107. The van der Waals surface area contributed by atoms with Crippen LogP contribution in [0.2, 0.25) is 0 Å². The van der Waals surface area contributed by atoms with Crippen LogP contribution in [0.15, 0.2) is 72.8 Å². The molecule has 0 saturated carbocycles. The molecule has 3 unspecified atom stereocenters. The summed E-state index contributed by atoms with van der Waals surface area (Å²) < 4.78 is 20.9. The van der Waals surface area contributed by atoms with Crippen molar-refractivity contribution in [3.8, 4) is 0 Å². The second-order valence-electron chi connectivity index (χ2n) is 10.3. The van der Waals surface area contributed by atoms with Crippen LogP contribution in [-0.4, -0.2) is 72.2 Å². The molecule has 43 heavy (non-hydrogen) atoms. The normalized spacial score (nSPS) is 13.1. The summed E-state index contributed by atoms with van der Waals surface area (Å²) in [5.41, 5.74) is 1.23. The summed E-state index contributed by atoms with van der Waals surface area (Å²) in [5, 5.41) is 21.4. The first-order valence-electron chi connectivity index (χ1n) is 13.7. The maximum Gasteiger partial charge on any atom is 0.338 e. The molecule has 0 saturated heterocycles. The van der Waals surface area contributed by atoms with E-state index in [-0.39, 0.29) is 19.8 Å². The van der Waals surface area contributed by atoms with Crippen LogP contribution in [0.25, 0.3) is 21.5 Å². The number of aliphatic hydroxyl groups is 2. The lowest BCUT2D eigenvalue weighted by Gasteiger charge is -2.14. The highest BCUT2D eigenvalue weighted by Gasteiger charge is 2.17. The molecule has 0 spiro atoms. The lowest BCUT2D eigenvalue weighted by molar-refractivity contribution is 0.00450. The van der Waals surface area contributed by atoms with Crippen LogP contribution >= 0.6 is 0 Å². The van der Waals surface area contributed by atoms with Crippen molar-refractivity contribution in [2.24, 2.45) is 0 Å². The molecule has 4 rings (SSSR count). The molecule has 224 valence electrons. The Kier molecular flexibility index (Phi) is 10.1. The standard InChI is InChI=1S/C33H32O10/c1-19(34)16-40-30(36)26-8-4-23-14-28(10-5-22(23)12-26)32(38)42-18-21(3)43-33(39)29-11-7-24-13-27(9-6-25(24)15-29)31(37)41-17-20(2)35/h4-15,19-21,34-35H,16-18H2,1-3H3.